The van der Waals surface area contributed by atoms with Gasteiger partial charge in [0.2, 0.25) is 0 Å². The lowest BCUT2D eigenvalue weighted by atomic mass is 9.96. The summed E-state index contributed by atoms with van der Waals surface area (Å²) in [5.41, 5.74) is 1.01. The average molecular weight is 382 g/mol. The van der Waals surface area contributed by atoms with Gasteiger partial charge in [0.05, 0.1) is 11.7 Å². The van der Waals surface area contributed by atoms with Crippen LogP contribution in [0.4, 0.5) is 0 Å². The van der Waals surface area contributed by atoms with Crippen LogP contribution in [-0.4, -0.2) is 9.78 Å². The van der Waals surface area contributed by atoms with E-state index in [4.69, 9.17) is 4.74 Å². The number of hydrogen-bond acceptors (Lipinski definition) is 2. The monoisotopic (exact) mass is 382 g/mol. The Morgan fingerprint density at radius 1 is 1.10 bits per heavy atom. The van der Waals surface area contributed by atoms with Crippen LogP contribution in [0.3, 0.4) is 0 Å². The molecule has 1 fully saturated rings. The largest absolute Gasteiger partial charge is 0.487 e. The van der Waals surface area contributed by atoms with Crippen LogP contribution in [0.2, 0.25) is 0 Å². The van der Waals surface area contributed by atoms with Crippen molar-refractivity contribution in [3.63, 3.8) is 0 Å². The van der Waals surface area contributed by atoms with E-state index in [-0.39, 0.29) is 0 Å². The predicted octanol–water partition coefficient (Wildman–Crippen LogP) is 4.57. The number of rotatable bonds is 4. The number of aromatic nitrogens is 2. The fourth-order valence-corrected chi connectivity index (χ4v) is 3.05. The van der Waals surface area contributed by atoms with Crippen molar-refractivity contribution in [2.75, 3.05) is 0 Å². The molecule has 3 nitrogen and oxygen atoms in total. The Kier molecular flexibility index (Phi) is 4.60. The van der Waals surface area contributed by atoms with Gasteiger partial charge in [-0.2, -0.15) is 5.10 Å². The van der Waals surface area contributed by atoms with Gasteiger partial charge in [0, 0.05) is 9.77 Å². The first-order valence-corrected chi connectivity index (χ1v) is 8.31. The second-order valence-corrected chi connectivity index (χ2v) is 6.57. The SMILES string of the molecule is Ic1ccc(OCc2ccn(C3CCCCC3)n2)cc1. The molecule has 2 aromatic rings. The maximum atomic E-state index is 5.77. The molecule has 1 aromatic heterocycles. The van der Waals surface area contributed by atoms with E-state index in [1.807, 2.05) is 12.1 Å². The molecule has 1 heterocycles. The van der Waals surface area contributed by atoms with Crippen molar-refractivity contribution in [3.05, 3.63) is 45.8 Å². The lowest BCUT2D eigenvalue weighted by Gasteiger charge is -2.21. The lowest BCUT2D eigenvalue weighted by Crippen LogP contribution is -2.13. The third-order valence-electron chi connectivity index (χ3n) is 3.81. The molecule has 0 N–H and O–H groups in total. The van der Waals surface area contributed by atoms with Gasteiger partial charge in [0.15, 0.2) is 0 Å². The molecule has 0 saturated heterocycles. The number of halogens is 1. The molecule has 0 bridgehead atoms. The molecule has 20 heavy (non-hydrogen) atoms. The highest BCUT2D eigenvalue weighted by molar-refractivity contribution is 14.1. The second-order valence-electron chi connectivity index (χ2n) is 5.32. The quantitative estimate of drug-likeness (QED) is 0.725. The van der Waals surface area contributed by atoms with Crippen molar-refractivity contribution in [2.24, 2.45) is 0 Å². The Labute approximate surface area is 133 Å². The minimum absolute atomic E-state index is 0.542. The summed E-state index contributed by atoms with van der Waals surface area (Å²) in [5, 5.41) is 4.66. The summed E-state index contributed by atoms with van der Waals surface area (Å²) >= 11 is 2.29. The summed E-state index contributed by atoms with van der Waals surface area (Å²) < 4.78 is 9.12. The fraction of sp³-hybridized carbons (Fsp3) is 0.438. The first-order valence-electron chi connectivity index (χ1n) is 7.24. The van der Waals surface area contributed by atoms with Crippen molar-refractivity contribution in [3.8, 4) is 5.75 Å². The van der Waals surface area contributed by atoms with E-state index >= 15 is 0 Å². The molecule has 0 atom stereocenters. The van der Waals surface area contributed by atoms with Gasteiger partial charge in [-0.05, 0) is 65.8 Å². The zero-order valence-corrected chi connectivity index (χ0v) is 13.6. The molecule has 1 aromatic carbocycles. The normalized spacial score (nSPS) is 16.2. The van der Waals surface area contributed by atoms with Crippen molar-refractivity contribution in [2.45, 2.75) is 44.8 Å². The van der Waals surface area contributed by atoms with Gasteiger partial charge in [-0.1, -0.05) is 19.3 Å². The molecule has 0 amide bonds. The molecule has 1 saturated carbocycles. The molecule has 0 unspecified atom stereocenters. The smallest absolute Gasteiger partial charge is 0.132 e. The van der Waals surface area contributed by atoms with E-state index in [0.717, 1.165) is 11.4 Å². The van der Waals surface area contributed by atoms with E-state index in [2.05, 4.69) is 56.8 Å². The first-order chi connectivity index (χ1) is 9.81. The maximum absolute atomic E-state index is 5.77. The standard InChI is InChI=1S/C16H19IN2O/c17-13-6-8-16(9-7-13)20-12-14-10-11-19(18-14)15-4-2-1-3-5-15/h6-11,15H,1-5,12H2. The number of hydrogen-bond donors (Lipinski definition) is 0. The van der Waals surface area contributed by atoms with Gasteiger partial charge in [-0.3, -0.25) is 4.68 Å². The molecule has 106 valence electrons. The number of nitrogens with zero attached hydrogens (tertiary/aromatic N) is 2. The summed E-state index contributed by atoms with van der Waals surface area (Å²) in [6.45, 7) is 0.542. The Hall–Kier alpha value is -1.04. The molecule has 3 rings (SSSR count). The Balaban J connectivity index is 1.58. The Bertz CT molecular complexity index is 544. The van der Waals surface area contributed by atoms with E-state index in [1.165, 1.54) is 35.7 Å². The zero-order valence-electron chi connectivity index (χ0n) is 11.5. The van der Waals surface area contributed by atoms with E-state index in [0.29, 0.717) is 12.6 Å². The summed E-state index contributed by atoms with van der Waals surface area (Å²) in [5.74, 6) is 0.901. The zero-order chi connectivity index (χ0) is 13.8. The first kappa shape index (κ1) is 13.9. The van der Waals surface area contributed by atoms with E-state index in [1.54, 1.807) is 0 Å². The van der Waals surface area contributed by atoms with Gasteiger partial charge in [0.25, 0.3) is 0 Å². The molecule has 0 aliphatic heterocycles. The second kappa shape index (κ2) is 6.61. The third-order valence-corrected chi connectivity index (χ3v) is 4.53. The van der Waals surface area contributed by atoms with Crippen molar-refractivity contribution in [1.29, 1.82) is 0 Å². The predicted molar refractivity (Wildman–Crippen MR) is 87.8 cm³/mol. The van der Waals surface area contributed by atoms with Crippen LogP contribution in [0.15, 0.2) is 36.5 Å². The highest BCUT2D eigenvalue weighted by Gasteiger charge is 2.15. The lowest BCUT2D eigenvalue weighted by molar-refractivity contribution is 0.291. The Morgan fingerprint density at radius 3 is 2.60 bits per heavy atom. The van der Waals surface area contributed by atoms with Crippen molar-refractivity contribution in [1.82, 2.24) is 9.78 Å². The van der Waals surface area contributed by atoms with Crippen molar-refractivity contribution >= 4 is 22.6 Å². The summed E-state index contributed by atoms with van der Waals surface area (Å²) in [7, 11) is 0. The van der Waals surface area contributed by atoms with Gasteiger partial charge >= 0.3 is 0 Å². The molecule has 0 spiro atoms. The Morgan fingerprint density at radius 2 is 1.85 bits per heavy atom. The summed E-state index contributed by atoms with van der Waals surface area (Å²) in [6, 6.07) is 10.8. The van der Waals surface area contributed by atoms with Crippen LogP contribution in [0.25, 0.3) is 0 Å². The van der Waals surface area contributed by atoms with Crippen LogP contribution in [0, 0.1) is 3.57 Å². The van der Waals surface area contributed by atoms with E-state index in [9.17, 15) is 0 Å². The number of ether oxygens (including phenoxy) is 1. The molecular weight excluding hydrogens is 363 g/mol. The minimum Gasteiger partial charge on any atom is -0.487 e. The molecule has 4 heteroatoms. The van der Waals surface area contributed by atoms with Crippen molar-refractivity contribution < 1.29 is 4.74 Å². The fourth-order valence-electron chi connectivity index (χ4n) is 2.69. The third kappa shape index (κ3) is 3.53. The van der Waals surface area contributed by atoms with Crippen LogP contribution in [-0.2, 0) is 6.61 Å². The maximum Gasteiger partial charge on any atom is 0.132 e. The average Bonchev–Trinajstić information content (AvgIpc) is 2.97. The van der Waals surface area contributed by atoms with Crippen LogP contribution < -0.4 is 4.74 Å². The minimum atomic E-state index is 0.542. The molecule has 1 aliphatic carbocycles. The molecule has 1 aliphatic rings. The molecular formula is C16H19IN2O. The van der Waals surface area contributed by atoms with Gasteiger partial charge in [-0.15, -0.1) is 0 Å². The van der Waals surface area contributed by atoms with Gasteiger partial charge in [-0.25, -0.2) is 0 Å². The summed E-state index contributed by atoms with van der Waals surface area (Å²) in [6.07, 6.45) is 8.67. The topological polar surface area (TPSA) is 27.1 Å². The molecule has 0 radical (unpaired) electrons. The van der Waals surface area contributed by atoms with Crippen LogP contribution >= 0.6 is 22.6 Å². The van der Waals surface area contributed by atoms with Crippen LogP contribution in [0.5, 0.6) is 5.75 Å². The van der Waals surface area contributed by atoms with Crippen LogP contribution in [0.1, 0.15) is 43.8 Å². The number of benzene rings is 1. The summed E-state index contributed by atoms with van der Waals surface area (Å²) in [4.78, 5) is 0. The van der Waals surface area contributed by atoms with Gasteiger partial charge in [0.1, 0.15) is 12.4 Å². The highest BCUT2D eigenvalue weighted by atomic mass is 127. The van der Waals surface area contributed by atoms with Gasteiger partial charge < -0.3 is 4.74 Å². The van der Waals surface area contributed by atoms with E-state index < -0.39 is 0 Å². The highest BCUT2D eigenvalue weighted by Crippen LogP contribution is 2.27.